The van der Waals surface area contributed by atoms with E-state index in [1.54, 1.807) is 0 Å². The highest BCUT2D eigenvalue weighted by Gasteiger charge is 2.24. The second-order valence-corrected chi connectivity index (χ2v) is 7.49. The van der Waals surface area contributed by atoms with Gasteiger partial charge in [0, 0.05) is 18.3 Å². The van der Waals surface area contributed by atoms with Crippen LogP contribution >= 0.6 is 11.3 Å². The number of carbonyl (C=O) groups excluding carboxylic acids is 1. The number of nitrogens with one attached hydrogen (secondary N) is 1. The third-order valence-corrected chi connectivity index (χ3v) is 5.55. The van der Waals surface area contributed by atoms with Crippen molar-refractivity contribution in [2.45, 2.75) is 32.2 Å². The first-order valence-electron chi connectivity index (χ1n) is 8.90. The van der Waals surface area contributed by atoms with Crippen molar-refractivity contribution in [3.05, 3.63) is 51.5 Å². The summed E-state index contributed by atoms with van der Waals surface area (Å²) in [7, 11) is 0. The largest absolute Gasteiger partial charge is 0.349 e. The Labute approximate surface area is 153 Å². The minimum absolute atomic E-state index is 0.101. The minimum Gasteiger partial charge on any atom is -0.349 e. The molecule has 2 heterocycles. The standard InChI is InChI=1S/C19H26N4OS/c1-14-4-6-15(7-5-14)17(23-10-2-3-11-23)12-21-19(24)16-13-25-18(22-16)8-9-20/h4-7,13,17H,2-3,8-12,20H2,1H3,(H,21,24). The Bertz CT molecular complexity index is 692. The van der Waals surface area contributed by atoms with Crippen molar-refractivity contribution < 1.29 is 4.79 Å². The van der Waals surface area contributed by atoms with Crippen LogP contribution in [0, 0.1) is 6.92 Å². The van der Waals surface area contributed by atoms with E-state index < -0.39 is 0 Å². The molecule has 0 radical (unpaired) electrons. The molecule has 25 heavy (non-hydrogen) atoms. The molecule has 134 valence electrons. The van der Waals surface area contributed by atoms with Gasteiger partial charge in [-0.1, -0.05) is 29.8 Å². The monoisotopic (exact) mass is 358 g/mol. The van der Waals surface area contributed by atoms with E-state index in [0.29, 0.717) is 18.8 Å². The molecule has 1 unspecified atom stereocenters. The number of amides is 1. The SMILES string of the molecule is Cc1ccc(C(CNC(=O)c2csc(CCN)n2)N2CCCC2)cc1. The summed E-state index contributed by atoms with van der Waals surface area (Å²) in [5, 5.41) is 5.81. The predicted octanol–water partition coefficient (Wildman–Crippen LogP) is 2.52. The molecule has 0 aliphatic carbocycles. The highest BCUT2D eigenvalue weighted by Crippen LogP contribution is 2.25. The molecule has 1 aliphatic rings. The molecule has 1 fully saturated rings. The maximum Gasteiger partial charge on any atom is 0.270 e. The van der Waals surface area contributed by atoms with Crippen LogP contribution in [0.3, 0.4) is 0 Å². The van der Waals surface area contributed by atoms with Crippen molar-refractivity contribution in [2.75, 3.05) is 26.2 Å². The van der Waals surface area contributed by atoms with Crippen molar-refractivity contribution in [1.82, 2.24) is 15.2 Å². The summed E-state index contributed by atoms with van der Waals surface area (Å²) in [6.45, 7) is 5.43. The maximum atomic E-state index is 12.5. The predicted molar refractivity (Wildman–Crippen MR) is 102 cm³/mol. The van der Waals surface area contributed by atoms with Crippen LogP contribution < -0.4 is 11.1 Å². The third kappa shape index (κ3) is 4.66. The number of likely N-dealkylation sites (tertiary alicyclic amines) is 1. The zero-order valence-electron chi connectivity index (χ0n) is 14.7. The van der Waals surface area contributed by atoms with Crippen LogP contribution in [0.25, 0.3) is 0 Å². The maximum absolute atomic E-state index is 12.5. The number of hydrogen-bond donors (Lipinski definition) is 2. The summed E-state index contributed by atoms with van der Waals surface area (Å²) in [5.74, 6) is -0.101. The van der Waals surface area contributed by atoms with Gasteiger partial charge in [0.25, 0.3) is 5.91 Å². The van der Waals surface area contributed by atoms with Crippen molar-refractivity contribution >= 4 is 17.2 Å². The number of aromatic nitrogens is 1. The van der Waals surface area contributed by atoms with E-state index in [9.17, 15) is 4.79 Å². The van der Waals surface area contributed by atoms with Crippen LogP contribution in [-0.4, -0.2) is 42.0 Å². The highest BCUT2D eigenvalue weighted by molar-refractivity contribution is 7.09. The van der Waals surface area contributed by atoms with E-state index in [-0.39, 0.29) is 11.9 Å². The number of nitrogens with two attached hydrogens (primary N) is 1. The normalized spacial score (nSPS) is 16.1. The Morgan fingerprint density at radius 3 is 2.72 bits per heavy atom. The third-order valence-electron chi connectivity index (χ3n) is 4.64. The number of aryl methyl sites for hydroxylation is 1. The summed E-state index contributed by atoms with van der Waals surface area (Å²) in [4.78, 5) is 19.3. The molecular weight excluding hydrogens is 332 g/mol. The number of hydrogen-bond acceptors (Lipinski definition) is 5. The van der Waals surface area contributed by atoms with Crippen molar-refractivity contribution in [3.8, 4) is 0 Å². The molecule has 3 N–H and O–H groups in total. The summed E-state index contributed by atoms with van der Waals surface area (Å²) in [6, 6.07) is 8.84. The minimum atomic E-state index is -0.101. The number of rotatable bonds is 7. The van der Waals surface area contributed by atoms with Crippen LogP contribution in [0.5, 0.6) is 0 Å². The smallest absolute Gasteiger partial charge is 0.270 e. The number of thiazole rings is 1. The van der Waals surface area contributed by atoms with Gasteiger partial charge >= 0.3 is 0 Å². The summed E-state index contributed by atoms with van der Waals surface area (Å²) < 4.78 is 0. The molecule has 1 amide bonds. The van der Waals surface area contributed by atoms with Gasteiger partial charge in [0.05, 0.1) is 11.0 Å². The summed E-state index contributed by atoms with van der Waals surface area (Å²) in [6.07, 6.45) is 3.17. The molecule has 0 bridgehead atoms. The first-order chi connectivity index (χ1) is 12.2. The van der Waals surface area contributed by atoms with Crippen LogP contribution in [0.15, 0.2) is 29.6 Å². The summed E-state index contributed by atoms with van der Waals surface area (Å²) >= 11 is 1.50. The highest BCUT2D eigenvalue weighted by atomic mass is 32.1. The first kappa shape index (κ1) is 18.0. The van der Waals surface area contributed by atoms with Gasteiger partial charge < -0.3 is 11.1 Å². The Morgan fingerprint density at radius 1 is 1.32 bits per heavy atom. The quantitative estimate of drug-likeness (QED) is 0.798. The molecule has 0 spiro atoms. The lowest BCUT2D eigenvalue weighted by molar-refractivity contribution is 0.0933. The van der Waals surface area contributed by atoms with Crippen LogP contribution in [0.1, 0.15) is 45.5 Å². The molecule has 0 saturated carbocycles. The second kappa shape index (κ2) is 8.56. The Morgan fingerprint density at radius 2 is 2.04 bits per heavy atom. The second-order valence-electron chi connectivity index (χ2n) is 6.54. The molecular formula is C19H26N4OS. The van der Waals surface area contributed by atoms with E-state index in [2.05, 4.69) is 46.4 Å². The fourth-order valence-electron chi connectivity index (χ4n) is 3.23. The number of nitrogens with zero attached hydrogens (tertiary/aromatic N) is 2. The zero-order chi connectivity index (χ0) is 17.6. The van der Waals surface area contributed by atoms with Gasteiger partial charge in [0.15, 0.2) is 0 Å². The molecule has 3 rings (SSSR count). The van der Waals surface area contributed by atoms with E-state index >= 15 is 0 Å². The van der Waals surface area contributed by atoms with Gasteiger partial charge in [-0.2, -0.15) is 0 Å². The fourth-order valence-corrected chi connectivity index (χ4v) is 4.03. The average molecular weight is 359 g/mol. The molecule has 1 saturated heterocycles. The van der Waals surface area contributed by atoms with Gasteiger partial charge in [0.2, 0.25) is 0 Å². The molecule has 1 aliphatic heterocycles. The molecule has 2 aromatic rings. The fraction of sp³-hybridized carbons (Fsp3) is 0.474. The Kier molecular flexibility index (Phi) is 6.18. The van der Waals surface area contributed by atoms with Crippen molar-refractivity contribution in [2.24, 2.45) is 5.73 Å². The Balaban J connectivity index is 1.67. The topological polar surface area (TPSA) is 71.2 Å². The van der Waals surface area contributed by atoms with Gasteiger partial charge in [-0.15, -0.1) is 11.3 Å². The van der Waals surface area contributed by atoms with Crippen LogP contribution in [0.2, 0.25) is 0 Å². The van der Waals surface area contributed by atoms with E-state index in [1.165, 1.54) is 35.3 Å². The number of benzene rings is 1. The molecule has 1 aromatic carbocycles. The van der Waals surface area contributed by atoms with E-state index in [4.69, 9.17) is 5.73 Å². The number of carbonyl (C=O) groups is 1. The van der Waals surface area contributed by atoms with Gasteiger partial charge in [0.1, 0.15) is 5.69 Å². The lowest BCUT2D eigenvalue weighted by Gasteiger charge is -2.28. The molecule has 5 nitrogen and oxygen atoms in total. The van der Waals surface area contributed by atoms with E-state index in [1.807, 2.05) is 5.38 Å². The Hall–Kier alpha value is -1.76. The lowest BCUT2D eigenvalue weighted by atomic mass is 10.0. The summed E-state index contributed by atoms with van der Waals surface area (Å²) in [5.41, 5.74) is 8.56. The van der Waals surface area contributed by atoms with E-state index in [0.717, 1.165) is 24.5 Å². The van der Waals surface area contributed by atoms with Crippen molar-refractivity contribution in [3.63, 3.8) is 0 Å². The molecule has 6 heteroatoms. The van der Waals surface area contributed by atoms with Gasteiger partial charge in [-0.3, -0.25) is 9.69 Å². The van der Waals surface area contributed by atoms with Crippen LogP contribution in [0.4, 0.5) is 0 Å². The van der Waals surface area contributed by atoms with Crippen molar-refractivity contribution in [1.29, 1.82) is 0 Å². The zero-order valence-corrected chi connectivity index (χ0v) is 15.5. The average Bonchev–Trinajstić information content (AvgIpc) is 3.29. The molecule has 1 aromatic heterocycles. The lowest BCUT2D eigenvalue weighted by Crippen LogP contribution is -2.37. The van der Waals surface area contributed by atoms with Gasteiger partial charge in [-0.05, 0) is 45.0 Å². The van der Waals surface area contributed by atoms with Gasteiger partial charge in [-0.25, -0.2) is 4.98 Å². The van der Waals surface area contributed by atoms with Crippen LogP contribution in [-0.2, 0) is 6.42 Å². The first-order valence-corrected chi connectivity index (χ1v) is 9.78. The molecule has 1 atom stereocenters.